The number of amides is 1. The zero-order chi connectivity index (χ0) is 11.3. The van der Waals surface area contributed by atoms with E-state index in [0.717, 1.165) is 11.4 Å². The number of thiazole rings is 1. The number of alkyl halides is 1. The fraction of sp³-hybridized carbons (Fsp3) is 0.600. The standard InChI is InChI=1S/C10H15BrN2OS/c1-3-8-6-12-10(15-8)7(2)13-9(14)4-5-11/h6-7H,3-5H2,1-2H3,(H,13,14). The molecule has 0 saturated carbocycles. The largest absolute Gasteiger partial charge is 0.347 e. The first kappa shape index (κ1) is 12.6. The predicted octanol–water partition coefficient (Wildman–Crippen LogP) is 2.67. The van der Waals surface area contributed by atoms with Gasteiger partial charge in [0, 0.05) is 22.8 Å². The summed E-state index contributed by atoms with van der Waals surface area (Å²) in [5.74, 6) is 0.0626. The molecule has 1 aromatic rings. The van der Waals surface area contributed by atoms with Crippen LogP contribution in [0.2, 0.25) is 0 Å². The van der Waals surface area contributed by atoms with Gasteiger partial charge in [-0.25, -0.2) is 4.98 Å². The van der Waals surface area contributed by atoms with Crippen LogP contribution >= 0.6 is 27.3 Å². The number of aryl methyl sites for hydroxylation is 1. The van der Waals surface area contributed by atoms with E-state index in [1.807, 2.05) is 13.1 Å². The number of carbonyl (C=O) groups is 1. The Kier molecular flexibility index (Phi) is 5.25. The summed E-state index contributed by atoms with van der Waals surface area (Å²) in [6, 6.07) is 0.0156. The van der Waals surface area contributed by atoms with Crippen molar-refractivity contribution >= 4 is 33.2 Å². The summed E-state index contributed by atoms with van der Waals surface area (Å²) in [5, 5.41) is 4.59. The highest BCUT2D eigenvalue weighted by Crippen LogP contribution is 2.20. The molecule has 1 amide bonds. The van der Waals surface area contributed by atoms with E-state index in [1.165, 1.54) is 4.88 Å². The van der Waals surface area contributed by atoms with E-state index in [4.69, 9.17) is 0 Å². The van der Waals surface area contributed by atoms with Gasteiger partial charge in [0.1, 0.15) is 5.01 Å². The first-order chi connectivity index (χ1) is 7.17. The molecule has 84 valence electrons. The van der Waals surface area contributed by atoms with Crippen LogP contribution in [0.1, 0.15) is 36.2 Å². The number of nitrogens with one attached hydrogen (secondary N) is 1. The Morgan fingerprint density at radius 2 is 2.47 bits per heavy atom. The molecule has 3 nitrogen and oxygen atoms in total. The fourth-order valence-corrected chi connectivity index (χ4v) is 2.37. The van der Waals surface area contributed by atoms with Crippen molar-refractivity contribution < 1.29 is 4.79 Å². The van der Waals surface area contributed by atoms with Crippen LogP contribution in [0.4, 0.5) is 0 Å². The third-order valence-electron chi connectivity index (χ3n) is 1.99. The van der Waals surface area contributed by atoms with E-state index in [9.17, 15) is 4.79 Å². The second-order valence-electron chi connectivity index (χ2n) is 3.25. The van der Waals surface area contributed by atoms with Crippen molar-refractivity contribution in [3.63, 3.8) is 0 Å². The van der Waals surface area contributed by atoms with Crippen LogP contribution in [0.5, 0.6) is 0 Å². The Morgan fingerprint density at radius 1 is 1.73 bits per heavy atom. The van der Waals surface area contributed by atoms with Gasteiger partial charge >= 0.3 is 0 Å². The van der Waals surface area contributed by atoms with Gasteiger partial charge in [-0.05, 0) is 13.3 Å². The Labute approximate surface area is 102 Å². The minimum Gasteiger partial charge on any atom is -0.347 e. The molecule has 1 heterocycles. The van der Waals surface area contributed by atoms with E-state index in [2.05, 4.69) is 33.2 Å². The number of nitrogens with zero attached hydrogens (tertiary/aromatic N) is 1. The molecule has 1 unspecified atom stereocenters. The topological polar surface area (TPSA) is 42.0 Å². The van der Waals surface area contributed by atoms with E-state index >= 15 is 0 Å². The van der Waals surface area contributed by atoms with Gasteiger partial charge in [0.15, 0.2) is 0 Å². The molecule has 1 aromatic heterocycles. The molecule has 1 rings (SSSR count). The first-order valence-electron chi connectivity index (χ1n) is 4.97. The van der Waals surface area contributed by atoms with Crippen LogP contribution < -0.4 is 5.32 Å². The van der Waals surface area contributed by atoms with Crippen LogP contribution in [0.15, 0.2) is 6.20 Å². The zero-order valence-corrected chi connectivity index (χ0v) is 11.3. The maximum absolute atomic E-state index is 11.3. The Bertz CT molecular complexity index is 327. The Morgan fingerprint density at radius 3 is 3.00 bits per heavy atom. The summed E-state index contributed by atoms with van der Waals surface area (Å²) in [4.78, 5) is 16.9. The zero-order valence-electron chi connectivity index (χ0n) is 8.92. The van der Waals surface area contributed by atoms with Gasteiger partial charge < -0.3 is 5.32 Å². The van der Waals surface area contributed by atoms with Crippen molar-refractivity contribution in [1.29, 1.82) is 0 Å². The molecule has 0 aromatic carbocycles. The molecule has 15 heavy (non-hydrogen) atoms. The van der Waals surface area contributed by atoms with Gasteiger partial charge in [-0.15, -0.1) is 11.3 Å². The minimum atomic E-state index is 0.0156. The molecule has 0 aliphatic rings. The smallest absolute Gasteiger partial charge is 0.221 e. The van der Waals surface area contributed by atoms with E-state index in [0.29, 0.717) is 11.8 Å². The van der Waals surface area contributed by atoms with Crippen LogP contribution in [-0.4, -0.2) is 16.2 Å². The third-order valence-corrected chi connectivity index (χ3v) is 3.71. The lowest BCUT2D eigenvalue weighted by Gasteiger charge is -2.10. The summed E-state index contributed by atoms with van der Waals surface area (Å²) in [6.45, 7) is 4.07. The normalized spacial score (nSPS) is 12.5. The SMILES string of the molecule is CCc1cnc(C(C)NC(=O)CCBr)s1. The van der Waals surface area contributed by atoms with Gasteiger partial charge in [0.25, 0.3) is 0 Å². The van der Waals surface area contributed by atoms with Crippen molar-refractivity contribution in [3.8, 4) is 0 Å². The Balaban J connectivity index is 2.52. The van der Waals surface area contributed by atoms with Crippen molar-refractivity contribution in [2.45, 2.75) is 32.7 Å². The number of halogens is 1. The van der Waals surface area contributed by atoms with Crippen LogP contribution in [-0.2, 0) is 11.2 Å². The summed E-state index contributed by atoms with van der Waals surface area (Å²) < 4.78 is 0. The molecule has 0 saturated heterocycles. The van der Waals surface area contributed by atoms with Crippen molar-refractivity contribution in [2.75, 3.05) is 5.33 Å². The molecule has 1 atom stereocenters. The molecular weight excluding hydrogens is 276 g/mol. The molecule has 0 bridgehead atoms. The van der Waals surface area contributed by atoms with E-state index < -0.39 is 0 Å². The summed E-state index contributed by atoms with van der Waals surface area (Å²) in [6.07, 6.45) is 3.39. The molecule has 1 N–H and O–H groups in total. The lowest BCUT2D eigenvalue weighted by molar-refractivity contribution is -0.121. The van der Waals surface area contributed by atoms with Crippen molar-refractivity contribution in [3.05, 3.63) is 16.1 Å². The van der Waals surface area contributed by atoms with Crippen LogP contribution in [0.3, 0.4) is 0 Å². The Hall–Kier alpha value is -0.420. The average Bonchev–Trinajstić information content (AvgIpc) is 2.66. The van der Waals surface area contributed by atoms with Gasteiger partial charge in [-0.1, -0.05) is 22.9 Å². The third kappa shape index (κ3) is 3.91. The van der Waals surface area contributed by atoms with Crippen LogP contribution in [0.25, 0.3) is 0 Å². The highest BCUT2D eigenvalue weighted by molar-refractivity contribution is 9.09. The maximum atomic E-state index is 11.3. The van der Waals surface area contributed by atoms with E-state index in [1.54, 1.807) is 11.3 Å². The highest BCUT2D eigenvalue weighted by Gasteiger charge is 2.12. The lowest BCUT2D eigenvalue weighted by atomic mass is 10.3. The van der Waals surface area contributed by atoms with Crippen molar-refractivity contribution in [2.24, 2.45) is 0 Å². The van der Waals surface area contributed by atoms with Gasteiger partial charge in [-0.2, -0.15) is 0 Å². The van der Waals surface area contributed by atoms with Gasteiger partial charge in [0.05, 0.1) is 6.04 Å². The summed E-state index contributed by atoms with van der Waals surface area (Å²) in [5.41, 5.74) is 0. The molecule has 0 aliphatic heterocycles. The van der Waals surface area contributed by atoms with Gasteiger partial charge in [-0.3, -0.25) is 4.79 Å². The molecule has 0 spiro atoms. The molecule has 5 heteroatoms. The lowest BCUT2D eigenvalue weighted by Crippen LogP contribution is -2.26. The number of carbonyl (C=O) groups excluding carboxylic acids is 1. The van der Waals surface area contributed by atoms with Gasteiger partial charge in [0.2, 0.25) is 5.91 Å². The second kappa shape index (κ2) is 6.23. The molecule has 0 radical (unpaired) electrons. The predicted molar refractivity (Wildman–Crippen MR) is 66.5 cm³/mol. The minimum absolute atomic E-state index is 0.0156. The first-order valence-corrected chi connectivity index (χ1v) is 6.91. The number of hydrogen-bond donors (Lipinski definition) is 1. The number of hydrogen-bond acceptors (Lipinski definition) is 3. The average molecular weight is 291 g/mol. The van der Waals surface area contributed by atoms with Crippen LogP contribution in [0, 0.1) is 0 Å². The monoisotopic (exact) mass is 290 g/mol. The molecule has 0 fully saturated rings. The highest BCUT2D eigenvalue weighted by atomic mass is 79.9. The fourth-order valence-electron chi connectivity index (χ4n) is 1.15. The quantitative estimate of drug-likeness (QED) is 0.847. The molecule has 0 aliphatic carbocycles. The van der Waals surface area contributed by atoms with E-state index in [-0.39, 0.29) is 11.9 Å². The second-order valence-corrected chi connectivity index (χ2v) is 5.19. The molecular formula is C10H15BrN2OS. The van der Waals surface area contributed by atoms with Crippen molar-refractivity contribution in [1.82, 2.24) is 10.3 Å². The number of rotatable bonds is 5. The number of aromatic nitrogens is 1. The summed E-state index contributed by atoms with van der Waals surface area (Å²) >= 11 is 4.90. The summed E-state index contributed by atoms with van der Waals surface area (Å²) in [7, 11) is 0. The maximum Gasteiger partial charge on any atom is 0.221 e.